The van der Waals surface area contributed by atoms with Gasteiger partial charge in [-0.1, -0.05) is 36.8 Å². The van der Waals surface area contributed by atoms with Gasteiger partial charge in [0, 0.05) is 23.7 Å². The molecule has 19 heavy (non-hydrogen) atoms. The van der Waals surface area contributed by atoms with E-state index in [2.05, 4.69) is 22.4 Å². The van der Waals surface area contributed by atoms with Crippen LogP contribution < -0.4 is 5.32 Å². The van der Waals surface area contributed by atoms with E-state index in [1.165, 1.54) is 19.3 Å². The first-order valence-electron chi connectivity index (χ1n) is 6.88. The number of nitrogens with zero attached hydrogens (tertiary/aromatic N) is 2. The van der Waals surface area contributed by atoms with Gasteiger partial charge in [0.05, 0.1) is 5.69 Å². The standard InChI is InChI=1S/C16H19N3/c1-17-12-16(9-5-10-16)15-18-11-8-14(19-15)13-6-3-2-4-7-13/h2-4,6-8,11,17H,5,9-10,12H2,1H3. The van der Waals surface area contributed by atoms with Crippen LogP contribution in [0.3, 0.4) is 0 Å². The third-order valence-corrected chi connectivity index (χ3v) is 4.03. The van der Waals surface area contributed by atoms with Gasteiger partial charge in [0.1, 0.15) is 5.82 Å². The topological polar surface area (TPSA) is 37.8 Å². The Morgan fingerprint density at radius 2 is 1.95 bits per heavy atom. The van der Waals surface area contributed by atoms with Crippen LogP contribution in [0.4, 0.5) is 0 Å². The first-order valence-corrected chi connectivity index (χ1v) is 6.88. The van der Waals surface area contributed by atoms with Gasteiger partial charge >= 0.3 is 0 Å². The number of rotatable bonds is 4. The second-order valence-electron chi connectivity index (χ2n) is 5.30. The summed E-state index contributed by atoms with van der Waals surface area (Å²) in [4.78, 5) is 9.33. The van der Waals surface area contributed by atoms with E-state index in [4.69, 9.17) is 4.98 Å². The molecule has 1 saturated carbocycles. The molecule has 1 heterocycles. The molecule has 0 atom stereocenters. The van der Waals surface area contributed by atoms with Gasteiger partial charge in [-0.15, -0.1) is 0 Å². The summed E-state index contributed by atoms with van der Waals surface area (Å²) in [6.45, 7) is 0.964. The van der Waals surface area contributed by atoms with E-state index in [9.17, 15) is 0 Å². The maximum Gasteiger partial charge on any atom is 0.136 e. The summed E-state index contributed by atoms with van der Waals surface area (Å²) in [6.07, 6.45) is 5.54. The van der Waals surface area contributed by atoms with Crippen LogP contribution in [0.2, 0.25) is 0 Å². The molecule has 0 spiro atoms. The molecular formula is C16H19N3. The molecule has 1 aliphatic rings. The minimum atomic E-state index is 0.152. The van der Waals surface area contributed by atoms with Crippen molar-refractivity contribution in [1.82, 2.24) is 15.3 Å². The van der Waals surface area contributed by atoms with E-state index in [1.807, 2.05) is 37.5 Å². The third-order valence-electron chi connectivity index (χ3n) is 4.03. The Labute approximate surface area is 114 Å². The SMILES string of the molecule is CNCC1(c2nccc(-c3ccccc3)n2)CCC1. The summed E-state index contributed by atoms with van der Waals surface area (Å²) >= 11 is 0. The predicted molar refractivity (Wildman–Crippen MR) is 76.9 cm³/mol. The van der Waals surface area contributed by atoms with Crippen LogP contribution in [0.15, 0.2) is 42.6 Å². The minimum absolute atomic E-state index is 0.152. The van der Waals surface area contributed by atoms with Crippen molar-refractivity contribution in [2.75, 3.05) is 13.6 Å². The summed E-state index contributed by atoms with van der Waals surface area (Å²) in [6, 6.07) is 12.3. The molecule has 3 nitrogen and oxygen atoms in total. The molecule has 2 aromatic rings. The molecule has 0 saturated heterocycles. The first kappa shape index (κ1) is 12.3. The minimum Gasteiger partial charge on any atom is -0.319 e. The van der Waals surface area contributed by atoms with E-state index in [-0.39, 0.29) is 5.41 Å². The van der Waals surface area contributed by atoms with E-state index in [0.29, 0.717) is 0 Å². The molecule has 98 valence electrons. The quantitative estimate of drug-likeness (QED) is 0.910. The Balaban J connectivity index is 1.96. The summed E-state index contributed by atoms with van der Waals surface area (Å²) in [7, 11) is 2.00. The summed E-state index contributed by atoms with van der Waals surface area (Å²) < 4.78 is 0. The smallest absolute Gasteiger partial charge is 0.136 e. The van der Waals surface area contributed by atoms with Gasteiger partial charge in [0.15, 0.2) is 0 Å². The molecule has 1 aromatic heterocycles. The van der Waals surface area contributed by atoms with Gasteiger partial charge in [0.2, 0.25) is 0 Å². The number of nitrogens with one attached hydrogen (secondary N) is 1. The largest absolute Gasteiger partial charge is 0.319 e. The molecule has 0 amide bonds. The van der Waals surface area contributed by atoms with Gasteiger partial charge in [0.25, 0.3) is 0 Å². The van der Waals surface area contributed by atoms with E-state index in [1.54, 1.807) is 0 Å². The van der Waals surface area contributed by atoms with Crippen LogP contribution in [0.25, 0.3) is 11.3 Å². The lowest BCUT2D eigenvalue weighted by molar-refractivity contribution is 0.225. The van der Waals surface area contributed by atoms with Crippen molar-refractivity contribution in [2.45, 2.75) is 24.7 Å². The highest BCUT2D eigenvalue weighted by Gasteiger charge is 2.40. The Hall–Kier alpha value is -1.74. The van der Waals surface area contributed by atoms with E-state index >= 15 is 0 Å². The van der Waals surface area contributed by atoms with Gasteiger partial charge < -0.3 is 5.32 Å². The highest BCUT2D eigenvalue weighted by molar-refractivity contribution is 5.58. The van der Waals surface area contributed by atoms with E-state index in [0.717, 1.165) is 23.6 Å². The summed E-state index contributed by atoms with van der Waals surface area (Å²) in [5, 5.41) is 3.29. The predicted octanol–water partition coefficient (Wildman–Crippen LogP) is 2.78. The lowest BCUT2D eigenvalue weighted by Crippen LogP contribution is -2.44. The Morgan fingerprint density at radius 3 is 2.58 bits per heavy atom. The molecule has 0 radical (unpaired) electrons. The number of benzene rings is 1. The fraction of sp³-hybridized carbons (Fsp3) is 0.375. The highest BCUT2D eigenvalue weighted by Crippen LogP contribution is 2.41. The second kappa shape index (κ2) is 5.10. The second-order valence-corrected chi connectivity index (χ2v) is 5.30. The van der Waals surface area contributed by atoms with Crippen molar-refractivity contribution in [2.24, 2.45) is 0 Å². The monoisotopic (exact) mass is 253 g/mol. The highest BCUT2D eigenvalue weighted by atomic mass is 14.9. The zero-order valence-electron chi connectivity index (χ0n) is 11.3. The number of aromatic nitrogens is 2. The van der Waals surface area contributed by atoms with Gasteiger partial charge in [-0.05, 0) is 26.0 Å². The first-order chi connectivity index (χ1) is 9.34. The molecule has 3 heteroatoms. The molecule has 3 rings (SSSR count). The third kappa shape index (κ3) is 2.26. The van der Waals surface area contributed by atoms with Crippen molar-refractivity contribution in [3.63, 3.8) is 0 Å². The summed E-state index contributed by atoms with van der Waals surface area (Å²) in [5.74, 6) is 0.995. The van der Waals surface area contributed by atoms with E-state index < -0.39 is 0 Å². The fourth-order valence-corrected chi connectivity index (χ4v) is 2.81. The Bertz CT molecular complexity index is 547. The van der Waals surface area contributed by atoms with Crippen molar-refractivity contribution in [3.8, 4) is 11.3 Å². The molecule has 0 unspecified atom stereocenters. The molecule has 0 aliphatic heterocycles. The maximum atomic E-state index is 4.80. The van der Waals surface area contributed by atoms with Crippen LogP contribution in [0.5, 0.6) is 0 Å². The number of hydrogen-bond acceptors (Lipinski definition) is 3. The van der Waals surface area contributed by atoms with Crippen molar-refractivity contribution in [1.29, 1.82) is 0 Å². The van der Waals surface area contributed by atoms with Crippen molar-refractivity contribution >= 4 is 0 Å². The maximum absolute atomic E-state index is 4.80. The molecule has 1 N–H and O–H groups in total. The molecule has 0 bridgehead atoms. The van der Waals surface area contributed by atoms with Crippen LogP contribution >= 0.6 is 0 Å². The Kier molecular flexibility index (Phi) is 3.30. The van der Waals surface area contributed by atoms with Gasteiger partial charge in [-0.2, -0.15) is 0 Å². The fourth-order valence-electron chi connectivity index (χ4n) is 2.81. The zero-order valence-corrected chi connectivity index (χ0v) is 11.3. The Morgan fingerprint density at radius 1 is 1.16 bits per heavy atom. The molecule has 1 aromatic carbocycles. The van der Waals surface area contributed by atoms with Gasteiger partial charge in [-0.25, -0.2) is 9.97 Å². The molecule has 1 fully saturated rings. The summed E-state index contributed by atoms with van der Waals surface area (Å²) in [5.41, 5.74) is 2.33. The number of hydrogen-bond donors (Lipinski definition) is 1. The van der Waals surface area contributed by atoms with Crippen LogP contribution in [-0.4, -0.2) is 23.6 Å². The average Bonchev–Trinajstić information content (AvgIpc) is 2.44. The molecular weight excluding hydrogens is 234 g/mol. The van der Waals surface area contributed by atoms with Crippen molar-refractivity contribution < 1.29 is 0 Å². The average molecular weight is 253 g/mol. The van der Waals surface area contributed by atoms with Crippen LogP contribution in [0, 0.1) is 0 Å². The normalized spacial score (nSPS) is 16.9. The lowest BCUT2D eigenvalue weighted by atomic mass is 9.68. The van der Waals surface area contributed by atoms with Gasteiger partial charge in [-0.3, -0.25) is 0 Å². The number of likely N-dealkylation sites (N-methyl/N-ethyl adjacent to an activating group) is 1. The molecule has 1 aliphatic carbocycles. The van der Waals surface area contributed by atoms with Crippen LogP contribution in [0.1, 0.15) is 25.1 Å². The van der Waals surface area contributed by atoms with Crippen LogP contribution in [-0.2, 0) is 5.41 Å². The zero-order chi connectivity index (χ0) is 13.1. The van der Waals surface area contributed by atoms with Crippen molar-refractivity contribution in [3.05, 3.63) is 48.4 Å². The lowest BCUT2D eigenvalue weighted by Gasteiger charge is -2.40.